The molecule has 0 amide bonds. The van der Waals surface area contributed by atoms with Crippen LogP contribution in [0.25, 0.3) is 10.9 Å². The molecule has 0 fully saturated rings. The van der Waals surface area contributed by atoms with Gasteiger partial charge in [-0.2, -0.15) is 22.0 Å². The molecule has 0 saturated heterocycles. The van der Waals surface area contributed by atoms with Crippen LogP contribution in [-0.2, 0) is 17.1 Å². The van der Waals surface area contributed by atoms with Crippen LogP contribution in [0.1, 0.15) is 21.6 Å². The summed E-state index contributed by atoms with van der Waals surface area (Å²) in [7, 11) is 0. The third-order valence-electron chi connectivity index (χ3n) is 4.33. The summed E-state index contributed by atoms with van der Waals surface area (Å²) in [6.07, 6.45) is -7.35. The second-order valence-electron chi connectivity index (χ2n) is 6.32. The molecule has 1 heterocycles. The summed E-state index contributed by atoms with van der Waals surface area (Å²) in [5.74, 6) is -9.02. The van der Waals surface area contributed by atoms with Gasteiger partial charge >= 0.3 is 18.1 Å². The van der Waals surface area contributed by atoms with Crippen LogP contribution in [0, 0.1) is 0 Å². The van der Waals surface area contributed by atoms with Gasteiger partial charge in [0.25, 0.3) is 5.91 Å². The van der Waals surface area contributed by atoms with E-state index in [1.807, 2.05) is 0 Å². The predicted octanol–water partition coefficient (Wildman–Crippen LogP) is 4.97. The average molecular weight is 448 g/mol. The number of rotatable bonds is 4. The number of nitrogens with zero attached hydrogens (tertiary/aromatic N) is 1. The summed E-state index contributed by atoms with van der Waals surface area (Å²) in [5, 5.41) is 18.5. The number of carboxylic acids is 1. The number of phenolic OH excluding ortho intramolecular Hbond substituents is 1. The Morgan fingerprint density at radius 1 is 1.00 bits per heavy atom. The molecular formula is C19H11ClF5NO4. The molecule has 3 rings (SSSR count). The van der Waals surface area contributed by atoms with Crippen LogP contribution in [0.2, 0.25) is 5.02 Å². The van der Waals surface area contributed by atoms with Gasteiger partial charge in [0, 0.05) is 16.0 Å². The molecule has 3 aromatic rings. The van der Waals surface area contributed by atoms with Crippen LogP contribution in [0.5, 0.6) is 5.75 Å². The molecule has 0 saturated carbocycles. The van der Waals surface area contributed by atoms with Crippen molar-refractivity contribution in [3.8, 4) is 5.75 Å². The highest BCUT2D eigenvalue weighted by atomic mass is 35.5. The molecule has 0 radical (unpaired) electrons. The lowest BCUT2D eigenvalue weighted by atomic mass is 10.0. The van der Waals surface area contributed by atoms with Gasteiger partial charge in [0.05, 0.1) is 11.9 Å². The Labute approximate surface area is 169 Å². The quantitative estimate of drug-likeness (QED) is 0.553. The van der Waals surface area contributed by atoms with E-state index in [1.54, 1.807) is 0 Å². The second-order valence-corrected chi connectivity index (χ2v) is 6.76. The minimum atomic E-state index is -6.12. The van der Waals surface area contributed by atoms with Gasteiger partial charge < -0.3 is 10.2 Å². The van der Waals surface area contributed by atoms with Crippen molar-refractivity contribution in [2.24, 2.45) is 0 Å². The Morgan fingerprint density at radius 3 is 2.13 bits per heavy atom. The Morgan fingerprint density at radius 2 is 1.60 bits per heavy atom. The number of hydrogen-bond donors (Lipinski definition) is 2. The fraction of sp³-hybridized carbons (Fsp3) is 0.158. The van der Waals surface area contributed by atoms with Crippen molar-refractivity contribution in [2.45, 2.75) is 18.5 Å². The maximum atomic E-state index is 14.5. The van der Waals surface area contributed by atoms with Crippen LogP contribution >= 0.6 is 11.6 Å². The lowest BCUT2D eigenvalue weighted by Gasteiger charge is -2.23. The highest BCUT2D eigenvalue weighted by Gasteiger charge is 2.62. The number of hydrogen-bond acceptors (Lipinski definition) is 3. The zero-order valence-electron chi connectivity index (χ0n) is 14.7. The first-order chi connectivity index (χ1) is 13.8. The molecule has 0 spiro atoms. The van der Waals surface area contributed by atoms with Gasteiger partial charge in [0.1, 0.15) is 11.4 Å². The highest BCUT2D eigenvalue weighted by Crippen LogP contribution is 2.48. The molecule has 158 valence electrons. The van der Waals surface area contributed by atoms with E-state index in [-0.39, 0.29) is 15.2 Å². The van der Waals surface area contributed by atoms with E-state index in [0.29, 0.717) is 0 Å². The molecule has 1 aromatic heterocycles. The van der Waals surface area contributed by atoms with Crippen molar-refractivity contribution in [3.05, 3.63) is 64.3 Å². The van der Waals surface area contributed by atoms with Gasteiger partial charge in [-0.3, -0.25) is 14.2 Å². The van der Waals surface area contributed by atoms with Gasteiger partial charge in [-0.15, -0.1) is 0 Å². The number of halogens is 6. The molecule has 5 nitrogen and oxygen atoms in total. The zero-order chi connectivity index (χ0) is 22.4. The Bertz CT molecular complexity index is 1150. The van der Waals surface area contributed by atoms with Crippen LogP contribution in [0.3, 0.4) is 0 Å². The van der Waals surface area contributed by atoms with Gasteiger partial charge in [-0.25, -0.2) is 0 Å². The second kappa shape index (κ2) is 7.28. The number of carboxylic acid groups (broad SMARTS) is 1. The summed E-state index contributed by atoms with van der Waals surface area (Å²) in [6, 6.07) is 7.51. The molecule has 0 bridgehead atoms. The SMILES string of the molecule is O=C(O)Cc1c(C(F)(F)C(F)(F)F)n(C(=O)c2ccc(Cl)cc2)c2ccc(O)cc12. The number of aromatic hydroxyl groups is 1. The molecule has 0 aliphatic carbocycles. The smallest absolute Gasteiger partial charge is 0.459 e. The van der Waals surface area contributed by atoms with Gasteiger partial charge in [-0.1, -0.05) is 11.6 Å². The van der Waals surface area contributed by atoms with Crippen LogP contribution in [-0.4, -0.2) is 32.8 Å². The normalized spacial score (nSPS) is 12.3. The predicted molar refractivity (Wildman–Crippen MR) is 96.1 cm³/mol. The van der Waals surface area contributed by atoms with E-state index < -0.39 is 58.3 Å². The van der Waals surface area contributed by atoms with Crippen LogP contribution in [0.4, 0.5) is 22.0 Å². The third kappa shape index (κ3) is 3.58. The third-order valence-corrected chi connectivity index (χ3v) is 4.58. The minimum Gasteiger partial charge on any atom is -0.508 e. The van der Waals surface area contributed by atoms with Crippen molar-refractivity contribution in [3.63, 3.8) is 0 Å². The fourth-order valence-corrected chi connectivity index (χ4v) is 3.20. The summed E-state index contributed by atoms with van der Waals surface area (Å²) >= 11 is 5.72. The highest BCUT2D eigenvalue weighted by molar-refractivity contribution is 6.30. The molecule has 30 heavy (non-hydrogen) atoms. The molecule has 2 N–H and O–H groups in total. The summed E-state index contributed by atoms with van der Waals surface area (Å²) < 4.78 is 69.0. The van der Waals surface area contributed by atoms with Crippen molar-refractivity contribution >= 4 is 34.4 Å². The zero-order valence-corrected chi connectivity index (χ0v) is 15.4. The molecular weight excluding hydrogens is 437 g/mol. The van der Waals surface area contributed by atoms with Crippen molar-refractivity contribution in [1.29, 1.82) is 0 Å². The summed E-state index contributed by atoms with van der Waals surface area (Å²) in [4.78, 5) is 24.2. The summed E-state index contributed by atoms with van der Waals surface area (Å²) in [5.41, 5.74) is -3.43. The van der Waals surface area contributed by atoms with E-state index in [0.717, 1.165) is 30.3 Å². The van der Waals surface area contributed by atoms with Crippen molar-refractivity contribution < 1.29 is 41.8 Å². The lowest BCUT2D eigenvalue weighted by Crippen LogP contribution is -2.38. The van der Waals surface area contributed by atoms with Crippen molar-refractivity contribution in [2.75, 3.05) is 0 Å². The monoisotopic (exact) mass is 447 g/mol. The first-order valence-electron chi connectivity index (χ1n) is 8.18. The number of phenols is 1. The van der Waals surface area contributed by atoms with E-state index in [9.17, 15) is 36.6 Å². The molecule has 0 atom stereocenters. The number of benzene rings is 2. The average Bonchev–Trinajstić information content (AvgIpc) is 2.94. The number of aliphatic carboxylic acids is 1. The number of fused-ring (bicyclic) bond motifs is 1. The molecule has 11 heteroatoms. The van der Waals surface area contributed by atoms with Crippen LogP contribution in [0.15, 0.2) is 42.5 Å². The fourth-order valence-electron chi connectivity index (χ4n) is 3.07. The molecule has 0 aliphatic heterocycles. The maximum Gasteiger partial charge on any atom is 0.459 e. The summed E-state index contributed by atoms with van der Waals surface area (Å²) in [6.45, 7) is 0. The first kappa shape index (κ1) is 21.6. The molecule has 2 aromatic carbocycles. The van der Waals surface area contributed by atoms with Gasteiger partial charge in [-0.05, 0) is 48.0 Å². The maximum absolute atomic E-state index is 14.5. The van der Waals surface area contributed by atoms with E-state index >= 15 is 0 Å². The van der Waals surface area contributed by atoms with E-state index in [1.165, 1.54) is 12.1 Å². The van der Waals surface area contributed by atoms with Gasteiger partial charge in [0.15, 0.2) is 0 Å². The molecule has 0 aliphatic rings. The van der Waals surface area contributed by atoms with E-state index in [4.69, 9.17) is 16.7 Å². The Balaban J connectivity index is 2.45. The Hall–Kier alpha value is -3.14. The number of alkyl halides is 5. The number of carbonyl (C=O) groups excluding carboxylic acids is 1. The van der Waals surface area contributed by atoms with Gasteiger partial charge in [0.2, 0.25) is 0 Å². The lowest BCUT2D eigenvalue weighted by molar-refractivity contribution is -0.291. The van der Waals surface area contributed by atoms with Crippen LogP contribution < -0.4 is 0 Å². The number of aromatic nitrogens is 1. The molecule has 0 unspecified atom stereocenters. The first-order valence-corrected chi connectivity index (χ1v) is 8.55. The van der Waals surface area contributed by atoms with E-state index in [2.05, 4.69) is 0 Å². The Kier molecular flexibility index (Phi) is 5.23. The minimum absolute atomic E-state index is 0.129. The number of carbonyl (C=O) groups is 2. The largest absolute Gasteiger partial charge is 0.508 e. The topological polar surface area (TPSA) is 79.5 Å². The standard InChI is InChI=1S/C19H11ClF5NO4/c20-10-3-1-9(2-4-10)17(30)26-14-6-5-11(27)7-12(14)13(8-15(28)29)16(26)18(21,22)19(23,24)25/h1-7,27H,8H2,(H,28,29). The van der Waals surface area contributed by atoms with Crippen molar-refractivity contribution in [1.82, 2.24) is 4.57 Å².